The van der Waals surface area contributed by atoms with Gasteiger partial charge >= 0.3 is 0 Å². The number of rotatable bonds is 4. The molecule has 2 fully saturated rings. The van der Waals surface area contributed by atoms with Crippen molar-refractivity contribution in [1.82, 2.24) is 10.2 Å². The number of ether oxygens (including phenoxy) is 2. The molecule has 0 radical (unpaired) electrons. The first-order chi connectivity index (χ1) is 11.1. The molecule has 2 atom stereocenters. The van der Waals surface area contributed by atoms with Crippen LogP contribution in [0.4, 0.5) is 0 Å². The molecule has 124 valence electrons. The summed E-state index contributed by atoms with van der Waals surface area (Å²) in [5.41, 5.74) is 1.04. The van der Waals surface area contributed by atoms with E-state index in [9.17, 15) is 9.59 Å². The van der Waals surface area contributed by atoms with Crippen molar-refractivity contribution >= 4 is 11.8 Å². The molecule has 2 amide bonds. The number of amides is 2. The van der Waals surface area contributed by atoms with Gasteiger partial charge in [-0.1, -0.05) is 6.07 Å². The predicted octanol–water partition coefficient (Wildman–Crippen LogP) is 1.65. The smallest absolute Gasteiger partial charge is 0.245 e. The average Bonchev–Trinajstić information content (AvgIpc) is 3.22. The zero-order chi connectivity index (χ0) is 16.4. The van der Waals surface area contributed by atoms with Crippen LogP contribution in [-0.2, 0) is 9.59 Å². The van der Waals surface area contributed by atoms with Crippen LogP contribution in [0.25, 0.3) is 0 Å². The first-order valence-electron chi connectivity index (χ1n) is 7.96. The Morgan fingerprint density at radius 1 is 1.22 bits per heavy atom. The van der Waals surface area contributed by atoms with Crippen molar-refractivity contribution < 1.29 is 19.1 Å². The van der Waals surface area contributed by atoms with Gasteiger partial charge in [0.15, 0.2) is 11.5 Å². The molecule has 3 rings (SSSR count). The van der Waals surface area contributed by atoms with Crippen LogP contribution in [0.5, 0.6) is 11.5 Å². The molecule has 1 aromatic carbocycles. The Morgan fingerprint density at radius 3 is 2.65 bits per heavy atom. The van der Waals surface area contributed by atoms with Gasteiger partial charge in [0.1, 0.15) is 6.04 Å². The highest BCUT2D eigenvalue weighted by Crippen LogP contribution is 2.37. The van der Waals surface area contributed by atoms with Crippen LogP contribution in [-0.4, -0.2) is 43.5 Å². The van der Waals surface area contributed by atoms with E-state index in [1.807, 2.05) is 23.1 Å². The lowest BCUT2D eigenvalue weighted by atomic mass is 10.0. The fraction of sp³-hybridized carbons (Fsp3) is 0.529. The molecule has 0 bridgehead atoms. The maximum atomic E-state index is 12.7. The summed E-state index contributed by atoms with van der Waals surface area (Å²) in [6.45, 7) is 0.726. The first kappa shape index (κ1) is 15.6. The van der Waals surface area contributed by atoms with Gasteiger partial charge in [-0.25, -0.2) is 0 Å². The third-order valence-corrected chi connectivity index (χ3v) is 4.62. The first-order valence-corrected chi connectivity index (χ1v) is 7.96. The molecule has 2 aliphatic heterocycles. The number of hydrogen-bond acceptors (Lipinski definition) is 4. The van der Waals surface area contributed by atoms with Crippen molar-refractivity contribution in [3.63, 3.8) is 0 Å². The topological polar surface area (TPSA) is 67.9 Å². The summed E-state index contributed by atoms with van der Waals surface area (Å²) in [6.07, 6.45) is 2.91. The van der Waals surface area contributed by atoms with Crippen LogP contribution < -0.4 is 14.8 Å². The van der Waals surface area contributed by atoms with E-state index in [1.54, 1.807) is 14.2 Å². The van der Waals surface area contributed by atoms with Crippen LogP contribution in [0.1, 0.15) is 37.3 Å². The van der Waals surface area contributed by atoms with Gasteiger partial charge in [0, 0.05) is 13.0 Å². The van der Waals surface area contributed by atoms with Crippen molar-refractivity contribution in [3.05, 3.63) is 23.8 Å². The molecule has 2 saturated heterocycles. The Bertz CT molecular complexity index is 617. The third-order valence-electron chi connectivity index (χ3n) is 4.62. The molecule has 0 aliphatic carbocycles. The monoisotopic (exact) mass is 318 g/mol. The van der Waals surface area contributed by atoms with Crippen molar-refractivity contribution in [2.24, 2.45) is 0 Å². The largest absolute Gasteiger partial charge is 0.493 e. The summed E-state index contributed by atoms with van der Waals surface area (Å²) >= 11 is 0. The summed E-state index contributed by atoms with van der Waals surface area (Å²) in [7, 11) is 3.21. The Labute approximate surface area is 135 Å². The molecule has 6 nitrogen and oxygen atoms in total. The van der Waals surface area contributed by atoms with Crippen LogP contribution in [0, 0.1) is 0 Å². The van der Waals surface area contributed by atoms with E-state index >= 15 is 0 Å². The third kappa shape index (κ3) is 2.98. The van der Waals surface area contributed by atoms with Gasteiger partial charge in [-0.3, -0.25) is 9.59 Å². The SMILES string of the molecule is COc1ccc(C2CCCN2C(=O)C2CCC(=O)N2)cc1OC. The van der Waals surface area contributed by atoms with Crippen LogP contribution in [0.2, 0.25) is 0 Å². The van der Waals surface area contributed by atoms with E-state index in [4.69, 9.17) is 9.47 Å². The van der Waals surface area contributed by atoms with Crippen LogP contribution in [0.3, 0.4) is 0 Å². The quantitative estimate of drug-likeness (QED) is 0.916. The number of nitrogens with zero attached hydrogens (tertiary/aromatic N) is 1. The molecule has 0 saturated carbocycles. The number of carbonyl (C=O) groups excluding carboxylic acids is 2. The van der Waals surface area contributed by atoms with Gasteiger partial charge in [-0.05, 0) is 37.0 Å². The molecule has 6 heteroatoms. The highest BCUT2D eigenvalue weighted by Gasteiger charge is 2.37. The fourth-order valence-corrected chi connectivity index (χ4v) is 3.44. The van der Waals surface area contributed by atoms with Crippen molar-refractivity contribution in [2.75, 3.05) is 20.8 Å². The standard InChI is InChI=1S/C17H22N2O4/c1-22-14-7-5-11(10-15(14)23-2)13-4-3-9-19(13)17(21)12-6-8-16(20)18-12/h5,7,10,12-13H,3-4,6,8-9H2,1-2H3,(H,18,20). The van der Waals surface area contributed by atoms with E-state index in [1.165, 1.54) is 0 Å². The lowest BCUT2D eigenvalue weighted by Gasteiger charge is -2.28. The summed E-state index contributed by atoms with van der Waals surface area (Å²) in [5, 5.41) is 2.77. The van der Waals surface area contributed by atoms with Crippen molar-refractivity contribution in [3.8, 4) is 11.5 Å². The number of methoxy groups -OCH3 is 2. The molecule has 0 aromatic heterocycles. The lowest BCUT2D eigenvalue weighted by molar-refractivity contribution is -0.135. The molecular weight excluding hydrogens is 296 g/mol. The molecular formula is C17H22N2O4. The summed E-state index contributed by atoms with van der Waals surface area (Å²) in [5.74, 6) is 1.33. The number of carbonyl (C=O) groups is 2. The van der Waals surface area contributed by atoms with Gasteiger partial charge < -0.3 is 19.7 Å². The second-order valence-electron chi connectivity index (χ2n) is 5.96. The van der Waals surface area contributed by atoms with Gasteiger partial charge in [0.2, 0.25) is 11.8 Å². The molecule has 2 heterocycles. The lowest BCUT2D eigenvalue weighted by Crippen LogP contribution is -2.44. The van der Waals surface area contributed by atoms with Crippen molar-refractivity contribution in [2.45, 2.75) is 37.8 Å². The number of benzene rings is 1. The van der Waals surface area contributed by atoms with Crippen LogP contribution >= 0.6 is 0 Å². The van der Waals surface area contributed by atoms with Gasteiger partial charge in [-0.2, -0.15) is 0 Å². The minimum atomic E-state index is -0.372. The second-order valence-corrected chi connectivity index (χ2v) is 5.96. The molecule has 0 spiro atoms. The van der Waals surface area contributed by atoms with Gasteiger partial charge in [-0.15, -0.1) is 0 Å². The number of likely N-dealkylation sites (tertiary alicyclic amines) is 1. The van der Waals surface area contributed by atoms with Crippen molar-refractivity contribution in [1.29, 1.82) is 0 Å². The van der Waals surface area contributed by atoms with E-state index in [2.05, 4.69) is 5.32 Å². The maximum Gasteiger partial charge on any atom is 0.245 e. The Morgan fingerprint density at radius 2 is 2.00 bits per heavy atom. The van der Waals surface area contributed by atoms with E-state index in [-0.39, 0.29) is 23.9 Å². The highest BCUT2D eigenvalue weighted by molar-refractivity contribution is 5.91. The van der Waals surface area contributed by atoms with Crippen LogP contribution in [0.15, 0.2) is 18.2 Å². The Kier molecular flexibility index (Phi) is 4.41. The average molecular weight is 318 g/mol. The molecule has 1 aromatic rings. The van der Waals surface area contributed by atoms with E-state index < -0.39 is 0 Å². The zero-order valence-corrected chi connectivity index (χ0v) is 13.5. The molecule has 2 unspecified atom stereocenters. The van der Waals surface area contributed by atoms with Gasteiger partial charge in [0.25, 0.3) is 0 Å². The second kappa shape index (κ2) is 6.48. The fourth-order valence-electron chi connectivity index (χ4n) is 3.44. The number of hydrogen-bond donors (Lipinski definition) is 1. The highest BCUT2D eigenvalue weighted by atomic mass is 16.5. The van der Waals surface area contributed by atoms with Gasteiger partial charge in [0.05, 0.1) is 20.3 Å². The normalized spacial score (nSPS) is 23.7. The Balaban J connectivity index is 1.81. The zero-order valence-electron chi connectivity index (χ0n) is 13.5. The summed E-state index contributed by atoms with van der Waals surface area (Å²) in [6, 6.07) is 5.43. The molecule has 1 N–H and O–H groups in total. The minimum absolute atomic E-state index is 0.0214. The van der Waals surface area contributed by atoms with E-state index in [0.717, 1.165) is 24.9 Å². The number of nitrogens with one attached hydrogen (secondary N) is 1. The molecule has 2 aliphatic rings. The Hall–Kier alpha value is -2.24. The van der Waals surface area contributed by atoms with E-state index in [0.29, 0.717) is 24.3 Å². The summed E-state index contributed by atoms with van der Waals surface area (Å²) < 4.78 is 10.6. The predicted molar refractivity (Wildman–Crippen MR) is 84.4 cm³/mol. The molecule has 23 heavy (non-hydrogen) atoms. The minimum Gasteiger partial charge on any atom is -0.493 e. The maximum absolute atomic E-state index is 12.7. The summed E-state index contributed by atoms with van der Waals surface area (Å²) in [4.78, 5) is 26.0.